The first kappa shape index (κ1) is 13.0. The summed E-state index contributed by atoms with van der Waals surface area (Å²) in [5.74, 6) is 2.04. The van der Waals surface area contributed by atoms with Crippen LogP contribution in [0.4, 0.5) is 0 Å². The Kier molecular flexibility index (Phi) is 3.34. The summed E-state index contributed by atoms with van der Waals surface area (Å²) >= 11 is 0. The lowest BCUT2D eigenvalue weighted by Gasteiger charge is -2.27. The van der Waals surface area contributed by atoms with E-state index < -0.39 is 0 Å². The van der Waals surface area contributed by atoms with E-state index >= 15 is 0 Å². The molecule has 3 rings (SSSR count). The van der Waals surface area contributed by atoms with E-state index in [1.54, 1.807) is 11.2 Å². The maximum atomic E-state index is 12.3. The monoisotopic (exact) mass is 273 g/mol. The van der Waals surface area contributed by atoms with Crippen molar-refractivity contribution in [1.29, 1.82) is 0 Å². The maximum Gasteiger partial charge on any atom is 0.289 e. The van der Waals surface area contributed by atoms with Crippen LogP contribution in [-0.2, 0) is 13.0 Å². The van der Waals surface area contributed by atoms with E-state index in [1.807, 2.05) is 32.4 Å². The Bertz CT molecular complexity index is 614. The van der Waals surface area contributed by atoms with E-state index in [-0.39, 0.29) is 5.91 Å². The Balaban J connectivity index is 1.64. The molecule has 106 valence electrons. The molecule has 1 amide bonds. The molecule has 0 saturated heterocycles. The van der Waals surface area contributed by atoms with Gasteiger partial charge in [-0.2, -0.15) is 0 Å². The SMILES string of the molecule is Cc1ccoc1C(=O)N(C)CC1CCc2nccn2C1. The fourth-order valence-electron chi connectivity index (χ4n) is 2.82. The summed E-state index contributed by atoms with van der Waals surface area (Å²) in [5, 5.41) is 0. The Morgan fingerprint density at radius 3 is 3.20 bits per heavy atom. The van der Waals surface area contributed by atoms with E-state index in [0.717, 1.165) is 37.3 Å². The van der Waals surface area contributed by atoms with Crippen molar-refractivity contribution in [2.75, 3.05) is 13.6 Å². The van der Waals surface area contributed by atoms with Gasteiger partial charge in [0.05, 0.1) is 6.26 Å². The predicted octanol–water partition coefficient (Wildman–Crippen LogP) is 2.12. The second-order valence-electron chi connectivity index (χ2n) is 5.52. The summed E-state index contributed by atoms with van der Waals surface area (Å²) in [6, 6.07) is 1.82. The number of aromatic nitrogens is 2. The molecule has 20 heavy (non-hydrogen) atoms. The van der Waals surface area contributed by atoms with Gasteiger partial charge in [-0.15, -0.1) is 0 Å². The van der Waals surface area contributed by atoms with Crippen molar-refractivity contribution in [2.24, 2.45) is 5.92 Å². The van der Waals surface area contributed by atoms with E-state index in [0.29, 0.717) is 11.7 Å². The van der Waals surface area contributed by atoms with Crippen LogP contribution < -0.4 is 0 Å². The van der Waals surface area contributed by atoms with Crippen LogP contribution in [0.2, 0.25) is 0 Å². The van der Waals surface area contributed by atoms with Gasteiger partial charge in [0.2, 0.25) is 0 Å². The minimum absolute atomic E-state index is 0.0380. The van der Waals surface area contributed by atoms with Crippen molar-refractivity contribution in [1.82, 2.24) is 14.5 Å². The molecule has 0 fully saturated rings. The average Bonchev–Trinajstić information content (AvgIpc) is 3.05. The van der Waals surface area contributed by atoms with Gasteiger partial charge in [0.25, 0.3) is 5.91 Å². The lowest BCUT2D eigenvalue weighted by Crippen LogP contribution is -2.35. The van der Waals surface area contributed by atoms with E-state index in [2.05, 4.69) is 9.55 Å². The van der Waals surface area contributed by atoms with Crippen molar-refractivity contribution >= 4 is 5.91 Å². The first-order valence-corrected chi connectivity index (χ1v) is 6.94. The van der Waals surface area contributed by atoms with Crippen LogP contribution in [0.5, 0.6) is 0 Å². The highest BCUT2D eigenvalue weighted by Gasteiger charge is 2.24. The zero-order valence-corrected chi connectivity index (χ0v) is 11.9. The standard InChI is InChI=1S/C15H19N3O2/c1-11-5-8-20-14(11)15(19)17(2)9-12-3-4-13-16-6-7-18(13)10-12/h5-8,12H,3-4,9-10H2,1-2H3. The second kappa shape index (κ2) is 5.15. The first-order valence-electron chi connectivity index (χ1n) is 6.94. The molecule has 5 nitrogen and oxygen atoms in total. The maximum absolute atomic E-state index is 12.3. The topological polar surface area (TPSA) is 51.3 Å². The highest BCUT2D eigenvalue weighted by Crippen LogP contribution is 2.20. The number of amides is 1. The van der Waals surface area contributed by atoms with E-state index in [1.165, 1.54) is 0 Å². The highest BCUT2D eigenvalue weighted by molar-refractivity contribution is 5.92. The number of carbonyl (C=O) groups is 1. The van der Waals surface area contributed by atoms with Crippen LogP contribution in [0, 0.1) is 12.8 Å². The number of fused-ring (bicyclic) bond motifs is 1. The molecule has 0 radical (unpaired) electrons. The minimum atomic E-state index is -0.0380. The van der Waals surface area contributed by atoms with Gasteiger partial charge in [0.1, 0.15) is 5.82 Å². The number of aryl methyl sites for hydroxylation is 2. The van der Waals surface area contributed by atoms with Crippen LogP contribution in [-0.4, -0.2) is 34.0 Å². The molecule has 5 heteroatoms. The zero-order chi connectivity index (χ0) is 14.1. The third-order valence-electron chi connectivity index (χ3n) is 3.97. The first-order chi connectivity index (χ1) is 9.65. The normalized spacial score (nSPS) is 17.8. The van der Waals surface area contributed by atoms with Crippen LogP contribution >= 0.6 is 0 Å². The van der Waals surface area contributed by atoms with Crippen molar-refractivity contribution in [3.05, 3.63) is 41.9 Å². The number of carbonyl (C=O) groups excluding carboxylic acids is 1. The molecule has 0 saturated carbocycles. The Morgan fingerprint density at radius 2 is 2.45 bits per heavy atom. The summed E-state index contributed by atoms with van der Waals surface area (Å²) in [4.78, 5) is 18.4. The molecular weight excluding hydrogens is 254 g/mol. The van der Waals surface area contributed by atoms with Gasteiger partial charge in [0, 0.05) is 44.5 Å². The van der Waals surface area contributed by atoms with Crippen molar-refractivity contribution in [3.63, 3.8) is 0 Å². The molecule has 1 unspecified atom stereocenters. The number of hydrogen-bond donors (Lipinski definition) is 0. The Hall–Kier alpha value is -2.04. The fourth-order valence-corrected chi connectivity index (χ4v) is 2.82. The second-order valence-corrected chi connectivity index (χ2v) is 5.52. The van der Waals surface area contributed by atoms with E-state index in [4.69, 9.17) is 4.42 Å². The third-order valence-corrected chi connectivity index (χ3v) is 3.97. The van der Waals surface area contributed by atoms with Gasteiger partial charge in [-0.1, -0.05) is 0 Å². The van der Waals surface area contributed by atoms with Crippen LogP contribution in [0.3, 0.4) is 0 Å². The molecule has 0 N–H and O–H groups in total. The smallest absolute Gasteiger partial charge is 0.289 e. The number of furan rings is 1. The summed E-state index contributed by atoms with van der Waals surface area (Å²) in [7, 11) is 1.84. The van der Waals surface area contributed by atoms with Gasteiger partial charge >= 0.3 is 0 Å². The quantitative estimate of drug-likeness (QED) is 0.860. The number of nitrogens with zero attached hydrogens (tertiary/aromatic N) is 3. The summed E-state index contributed by atoms with van der Waals surface area (Å²) < 4.78 is 7.46. The zero-order valence-electron chi connectivity index (χ0n) is 11.9. The lowest BCUT2D eigenvalue weighted by atomic mass is 9.99. The van der Waals surface area contributed by atoms with Crippen LogP contribution in [0.25, 0.3) is 0 Å². The van der Waals surface area contributed by atoms with Gasteiger partial charge in [-0.25, -0.2) is 4.98 Å². The molecule has 2 aromatic rings. The minimum Gasteiger partial charge on any atom is -0.459 e. The molecule has 3 heterocycles. The van der Waals surface area contributed by atoms with Gasteiger partial charge in [-0.3, -0.25) is 4.79 Å². The molecular formula is C15H19N3O2. The van der Waals surface area contributed by atoms with Crippen molar-refractivity contribution in [3.8, 4) is 0 Å². The molecule has 1 aliphatic rings. The number of imidazole rings is 1. The molecule has 1 aliphatic heterocycles. The predicted molar refractivity (Wildman–Crippen MR) is 74.4 cm³/mol. The summed E-state index contributed by atoms with van der Waals surface area (Å²) in [5.41, 5.74) is 0.891. The van der Waals surface area contributed by atoms with Crippen molar-refractivity contribution in [2.45, 2.75) is 26.3 Å². The summed E-state index contributed by atoms with van der Waals surface area (Å²) in [6.45, 7) is 3.57. The van der Waals surface area contributed by atoms with E-state index in [9.17, 15) is 4.79 Å². The Morgan fingerprint density at radius 1 is 1.60 bits per heavy atom. The van der Waals surface area contributed by atoms with Crippen LogP contribution in [0.1, 0.15) is 28.4 Å². The molecule has 0 bridgehead atoms. The number of hydrogen-bond acceptors (Lipinski definition) is 3. The highest BCUT2D eigenvalue weighted by atomic mass is 16.3. The average molecular weight is 273 g/mol. The van der Waals surface area contributed by atoms with Gasteiger partial charge < -0.3 is 13.9 Å². The molecule has 0 aliphatic carbocycles. The van der Waals surface area contributed by atoms with Crippen LogP contribution in [0.15, 0.2) is 29.1 Å². The Labute approximate surface area is 118 Å². The van der Waals surface area contributed by atoms with Gasteiger partial charge in [-0.05, 0) is 25.3 Å². The fraction of sp³-hybridized carbons (Fsp3) is 0.467. The molecule has 2 aromatic heterocycles. The van der Waals surface area contributed by atoms with Crippen molar-refractivity contribution < 1.29 is 9.21 Å². The third kappa shape index (κ3) is 2.35. The molecule has 1 atom stereocenters. The molecule has 0 aromatic carbocycles. The number of rotatable bonds is 3. The molecule has 0 spiro atoms. The summed E-state index contributed by atoms with van der Waals surface area (Å²) in [6.07, 6.45) is 7.48. The van der Waals surface area contributed by atoms with Gasteiger partial charge in [0.15, 0.2) is 5.76 Å². The lowest BCUT2D eigenvalue weighted by molar-refractivity contribution is 0.0728. The largest absolute Gasteiger partial charge is 0.459 e.